The van der Waals surface area contributed by atoms with Crippen molar-refractivity contribution in [3.05, 3.63) is 29.8 Å². The summed E-state index contributed by atoms with van der Waals surface area (Å²) in [6, 6.07) is 7.70. The first kappa shape index (κ1) is 19.0. The van der Waals surface area contributed by atoms with Crippen molar-refractivity contribution in [2.75, 3.05) is 45.1 Å². The van der Waals surface area contributed by atoms with Crippen molar-refractivity contribution in [3.63, 3.8) is 0 Å². The molecule has 2 aliphatic rings. The molecule has 0 bridgehead atoms. The molecule has 2 heterocycles. The fraction of sp³-hybridized carbons (Fsp3) is 0.533. The average molecular weight is 348 g/mol. The Kier molecular flexibility index (Phi) is 7.42. The van der Waals surface area contributed by atoms with Crippen molar-refractivity contribution in [2.45, 2.75) is 12.5 Å². The number of rotatable bonds is 2. The molecule has 1 aromatic rings. The van der Waals surface area contributed by atoms with E-state index in [9.17, 15) is 4.79 Å². The Labute approximate surface area is 143 Å². The van der Waals surface area contributed by atoms with Gasteiger partial charge in [-0.3, -0.25) is 9.69 Å². The molecule has 1 unspecified atom stereocenters. The fourth-order valence-electron chi connectivity index (χ4n) is 3.02. The number of ether oxygens (including phenoxy) is 1. The highest BCUT2D eigenvalue weighted by Crippen LogP contribution is 2.19. The average Bonchev–Trinajstić information content (AvgIpc) is 2.97. The second-order valence-electron chi connectivity index (χ2n) is 5.47. The minimum absolute atomic E-state index is 0. The summed E-state index contributed by atoms with van der Waals surface area (Å²) in [7, 11) is 0. The van der Waals surface area contributed by atoms with E-state index in [2.05, 4.69) is 4.90 Å². The number of nitrogens with zero attached hydrogens (tertiary/aromatic N) is 2. The van der Waals surface area contributed by atoms with E-state index in [-0.39, 0.29) is 30.7 Å². The molecule has 3 rings (SSSR count). The SMILES string of the molecule is Cl.Cl.Nc1cccc(C(=O)N2CCC(N3CCOCC3)C2)c1. The van der Waals surface area contributed by atoms with Crippen LogP contribution in [0.3, 0.4) is 0 Å². The third-order valence-electron chi connectivity index (χ3n) is 4.15. The lowest BCUT2D eigenvalue weighted by atomic mass is 10.2. The Hall–Kier alpha value is -1.01. The van der Waals surface area contributed by atoms with Crippen molar-refractivity contribution in [3.8, 4) is 0 Å². The molecule has 0 radical (unpaired) electrons. The summed E-state index contributed by atoms with van der Waals surface area (Å²) in [4.78, 5) is 16.8. The lowest BCUT2D eigenvalue weighted by molar-refractivity contribution is 0.0185. The third kappa shape index (κ3) is 4.26. The summed E-state index contributed by atoms with van der Waals surface area (Å²) in [5.74, 6) is 0.0908. The number of nitrogens with two attached hydrogens (primary N) is 1. The minimum atomic E-state index is 0. The van der Waals surface area contributed by atoms with Gasteiger partial charge in [0.05, 0.1) is 13.2 Å². The first-order valence-corrected chi connectivity index (χ1v) is 7.20. The summed E-state index contributed by atoms with van der Waals surface area (Å²) >= 11 is 0. The molecule has 5 nitrogen and oxygen atoms in total. The quantitative estimate of drug-likeness (QED) is 0.826. The number of halogens is 2. The molecule has 0 saturated carbocycles. The summed E-state index contributed by atoms with van der Waals surface area (Å²) < 4.78 is 5.38. The predicted octanol–water partition coefficient (Wildman–Crippen LogP) is 1.66. The van der Waals surface area contributed by atoms with E-state index in [0.717, 1.165) is 45.8 Å². The monoisotopic (exact) mass is 347 g/mol. The van der Waals surface area contributed by atoms with Crippen LogP contribution in [0.2, 0.25) is 0 Å². The zero-order valence-electron chi connectivity index (χ0n) is 12.4. The van der Waals surface area contributed by atoms with Crippen LogP contribution in [0.1, 0.15) is 16.8 Å². The second kappa shape index (κ2) is 8.58. The van der Waals surface area contributed by atoms with Crippen LogP contribution < -0.4 is 5.73 Å². The smallest absolute Gasteiger partial charge is 0.253 e. The molecule has 0 aliphatic carbocycles. The Morgan fingerprint density at radius 1 is 1.18 bits per heavy atom. The van der Waals surface area contributed by atoms with E-state index in [1.165, 1.54) is 0 Å². The van der Waals surface area contributed by atoms with Crippen LogP contribution in [0, 0.1) is 0 Å². The number of carbonyl (C=O) groups is 1. The highest BCUT2D eigenvalue weighted by molar-refractivity contribution is 5.95. The molecule has 0 aromatic heterocycles. The van der Waals surface area contributed by atoms with Gasteiger partial charge in [-0.05, 0) is 24.6 Å². The highest BCUT2D eigenvalue weighted by atomic mass is 35.5. The Morgan fingerprint density at radius 2 is 1.91 bits per heavy atom. The van der Waals surface area contributed by atoms with Crippen molar-refractivity contribution in [2.24, 2.45) is 0 Å². The summed E-state index contributed by atoms with van der Waals surface area (Å²) in [6.45, 7) is 5.21. The maximum Gasteiger partial charge on any atom is 0.253 e. The highest BCUT2D eigenvalue weighted by Gasteiger charge is 2.31. The van der Waals surface area contributed by atoms with Gasteiger partial charge in [-0.2, -0.15) is 0 Å². The number of carbonyl (C=O) groups excluding carboxylic acids is 1. The topological polar surface area (TPSA) is 58.8 Å². The molecule has 1 atom stereocenters. The largest absolute Gasteiger partial charge is 0.399 e. The van der Waals surface area contributed by atoms with Gasteiger partial charge in [0.25, 0.3) is 5.91 Å². The van der Waals surface area contributed by atoms with Crippen molar-refractivity contribution >= 4 is 36.4 Å². The van der Waals surface area contributed by atoms with Gasteiger partial charge in [-0.15, -0.1) is 24.8 Å². The van der Waals surface area contributed by atoms with Gasteiger partial charge in [-0.25, -0.2) is 0 Å². The van der Waals surface area contributed by atoms with Crippen molar-refractivity contribution in [1.82, 2.24) is 9.80 Å². The molecular formula is C15H23Cl2N3O2. The van der Waals surface area contributed by atoms with Gasteiger partial charge in [0, 0.05) is 43.5 Å². The normalized spacial score (nSPS) is 21.8. The van der Waals surface area contributed by atoms with Gasteiger partial charge in [0.2, 0.25) is 0 Å². The second-order valence-corrected chi connectivity index (χ2v) is 5.47. The Bertz CT molecular complexity index is 495. The first-order valence-electron chi connectivity index (χ1n) is 7.20. The molecule has 22 heavy (non-hydrogen) atoms. The van der Waals surface area contributed by atoms with Gasteiger partial charge < -0.3 is 15.4 Å². The number of amides is 1. The summed E-state index contributed by atoms with van der Waals surface area (Å²) in [5.41, 5.74) is 7.07. The standard InChI is InChI=1S/C15H21N3O2.2ClH/c16-13-3-1-2-12(10-13)15(19)18-5-4-14(11-18)17-6-8-20-9-7-17;;/h1-3,10,14H,4-9,11,16H2;2*1H. The molecule has 0 spiro atoms. The van der Waals surface area contributed by atoms with Gasteiger partial charge in [-0.1, -0.05) is 6.07 Å². The Morgan fingerprint density at radius 3 is 2.59 bits per heavy atom. The van der Waals surface area contributed by atoms with E-state index < -0.39 is 0 Å². The van der Waals surface area contributed by atoms with E-state index in [0.29, 0.717) is 17.3 Å². The van der Waals surface area contributed by atoms with E-state index in [1.54, 1.807) is 12.1 Å². The van der Waals surface area contributed by atoms with Crippen molar-refractivity contribution in [1.29, 1.82) is 0 Å². The number of hydrogen-bond acceptors (Lipinski definition) is 4. The number of benzene rings is 1. The van der Waals surface area contributed by atoms with Gasteiger partial charge in [0.15, 0.2) is 0 Å². The molecule has 2 N–H and O–H groups in total. The van der Waals surface area contributed by atoms with Gasteiger partial charge >= 0.3 is 0 Å². The molecule has 2 fully saturated rings. The molecule has 1 aromatic carbocycles. The number of nitrogen functional groups attached to an aromatic ring is 1. The van der Waals surface area contributed by atoms with E-state index in [4.69, 9.17) is 10.5 Å². The molecule has 1 amide bonds. The van der Waals surface area contributed by atoms with Crippen LogP contribution in [0.25, 0.3) is 0 Å². The third-order valence-corrected chi connectivity index (χ3v) is 4.15. The van der Waals surface area contributed by atoms with E-state index in [1.807, 2.05) is 17.0 Å². The summed E-state index contributed by atoms with van der Waals surface area (Å²) in [6.07, 6.45) is 1.05. The molecule has 7 heteroatoms. The fourth-order valence-corrected chi connectivity index (χ4v) is 3.02. The molecule has 2 aliphatic heterocycles. The van der Waals surface area contributed by atoms with Gasteiger partial charge in [0.1, 0.15) is 0 Å². The number of hydrogen-bond donors (Lipinski definition) is 1. The van der Waals surface area contributed by atoms with Crippen LogP contribution in [0.4, 0.5) is 5.69 Å². The number of anilines is 1. The van der Waals surface area contributed by atoms with Crippen molar-refractivity contribution < 1.29 is 9.53 Å². The number of morpholine rings is 1. The zero-order valence-corrected chi connectivity index (χ0v) is 14.1. The van der Waals surface area contributed by atoms with E-state index >= 15 is 0 Å². The van der Waals surface area contributed by atoms with Crippen LogP contribution in [-0.4, -0.2) is 61.1 Å². The summed E-state index contributed by atoms with van der Waals surface area (Å²) in [5, 5.41) is 0. The van der Waals surface area contributed by atoms with Crippen LogP contribution >= 0.6 is 24.8 Å². The van der Waals surface area contributed by atoms with Crippen LogP contribution in [0.5, 0.6) is 0 Å². The first-order chi connectivity index (χ1) is 9.74. The van der Waals surface area contributed by atoms with Crippen LogP contribution in [0.15, 0.2) is 24.3 Å². The lowest BCUT2D eigenvalue weighted by Gasteiger charge is -2.32. The van der Waals surface area contributed by atoms with Crippen LogP contribution in [-0.2, 0) is 4.74 Å². The number of likely N-dealkylation sites (tertiary alicyclic amines) is 1. The molecule has 2 saturated heterocycles. The zero-order chi connectivity index (χ0) is 13.9. The maximum absolute atomic E-state index is 12.5. The molecule has 124 valence electrons. The molecular weight excluding hydrogens is 325 g/mol. The lowest BCUT2D eigenvalue weighted by Crippen LogP contribution is -2.45. The maximum atomic E-state index is 12.5. The minimum Gasteiger partial charge on any atom is -0.399 e. The predicted molar refractivity (Wildman–Crippen MR) is 92.1 cm³/mol. The Balaban J connectivity index is 0.00000121.